The number of nitrogens with zero attached hydrogens (tertiary/aromatic N) is 5. The molecule has 23 heavy (non-hydrogen) atoms. The van der Waals surface area contributed by atoms with Gasteiger partial charge in [-0.3, -0.25) is 0 Å². The zero-order valence-corrected chi connectivity index (χ0v) is 12.6. The molecular formula is C13H13ClF3N5O. The lowest BCUT2D eigenvalue weighted by molar-refractivity contribution is -0.137. The van der Waals surface area contributed by atoms with Crippen LogP contribution in [0.4, 0.5) is 19.0 Å². The Bertz CT molecular complexity index is 693. The maximum absolute atomic E-state index is 12.6. The maximum atomic E-state index is 12.6. The molecule has 0 aromatic carbocycles. The molecule has 0 spiro atoms. The van der Waals surface area contributed by atoms with Crippen LogP contribution >= 0.6 is 11.6 Å². The van der Waals surface area contributed by atoms with Crippen LogP contribution in [0.2, 0.25) is 5.02 Å². The summed E-state index contributed by atoms with van der Waals surface area (Å²) in [5.41, 5.74) is -1.97. The second-order valence-electron chi connectivity index (χ2n) is 5.52. The number of aliphatic hydroxyl groups is 1. The number of hydrogen-bond acceptors (Lipinski definition) is 5. The van der Waals surface area contributed by atoms with Gasteiger partial charge in [0.05, 0.1) is 29.9 Å². The molecule has 0 amide bonds. The molecule has 0 saturated carbocycles. The Morgan fingerprint density at radius 1 is 1.39 bits per heavy atom. The molecule has 0 radical (unpaired) electrons. The smallest absolute Gasteiger partial charge is 0.386 e. The van der Waals surface area contributed by atoms with Crippen molar-refractivity contribution in [3.05, 3.63) is 35.2 Å². The third-order valence-corrected chi connectivity index (χ3v) is 3.99. The van der Waals surface area contributed by atoms with Crippen molar-refractivity contribution in [2.24, 2.45) is 0 Å². The van der Waals surface area contributed by atoms with Crippen LogP contribution in [0.15, 0.2) is 24.7 Å². The van der Waals surface area contributed by atoms with E-state index >= 15 is 0 Å². The van der Waals surface area contributed by atoms with E-state index in [1.165, 1.54) is 10.9 Å². The third kappa shape index (κ3) is 3.40. The first-order valence-corrected chi connectivity index (χ1v) is 7.19. The van der Waals surface area contributed by atoms with Crippen LogP contribution in [0.1, 0.15) is 12.0 Å². The Balaban J connectivity index is 1.76. The monoisotopic (exact) mass is 347 g/mol. The number of β-amino-alcohol motifs (C(OH)–C–C–N with tert-alkyl or cyclic N) is 1. The predicted molar refractivity (Wildman–Crippen MR) is 76.1 cm³/mol. The summed E-state index contributed by atoms with van der Waals surface area (Å²) in [6.07, 6.45) is -0.190. The Kier molecular flexibility index (Phi) is 3.93. The van der Waals surface area contributed by atoms with Crippen LogP contribution in [0.3, 0.4) is 0 Å². The Morgan fingerprint density at radius 2 is 2.17 bits per heavy atom. The van der Waals surface area contributed by atoms with Crippen LogP contribution < -0.4 is 4.90 Å². The molecule has 2 aromatic heterocycles. The predicted octanol–water partition coefficient (Wildman–Crippen LogP) is 1.99. The lowest BCUT2D eigenvalue weighted by atomic mass is 10.0. The molecule has 10 heteroatoms. The standard InChI is InChI=1S/C13H13ClF3N5O/c14-10-5-9(13(15,16)17)6-18-11(10)21-3-1-12(23,7-21)8-22-4-2-19-20-22/h2,4-6,23H,1,3,7-8H2. The van der Waals surface area contributed by atoms with Crippen molar-refractivity contribution in [2.45, 2.75) is 24.7 Å². The van der Waals surface area contributed by atoms with E-state index < -0.39 is 17.3 Å². The van der Waals surface area contributed by atoms with Crippen molar-refractivity contribution in [3.8, 4) is 0 Å². The van der Waals surface area contributed by atoms with Gasteiger partial charge < -0.3 is 10.0 Å². The highest BCUT2D eigenvalue weighted by molar-refractivity contribution is 6.33. The SMILES string of the molecule is OC1(Cn2ccnn2)CCN(c2ncc(C(F)(F)F)cc2Cl)C1. The van der Waals surface area contributed by atoms with Crippen LogP contribution in [0.5, 0.6) is 0 Å². The second-order valence-corrected chi connectivity index (χ2v) is 5.93. The second kappa shape index (κ2) is 5.64. The van der Waals surface area contributed by atoms with E-state index in [0.717, 1.165) is 12.3 Å². The van der Waals surface area contributed by atoms with Gasteiger partial charge in [-0.2, -0.15) is 13.2 Å². The van der Waals surface area contributed by atoms with Gasteiger partial charge in [0, 0.05) is 18.9 Å². The normalized spacial score (nSPS) is 21.9. The lowest BCUT2D eigenvalue weighted by Gasteiger charge is -2.24. The molecule has 0 bridgehead atoms. The molecule has 3 rings (SSSR count). The lowest BCUT2D eigenvalue weighted by Crippen LogP contribution is -2.38. The molecule has 6 nitrogen and oxygen atoms in total. The van der Waals surface area contributed by atoms with Gasteiger partial charge >= 0.3 is 6.18 Å². The highest BCUT2D eigenvalue weighted by Gasteiger charge is 2.39. The van der Waals surface area contributed by atoms with Gasteiger partial charge in [0.1, 0.15) is 11.4 Å². The van der Waals surface area contributed by atoms with Crippen molar-refractivity contribution in [2.75, 3.05) is 18.0 Å². The van der Waals surface area contributed by atoms with E-state index in [-0.39, 0.29) is 23.9 Å². The Labute approximate surface area is 134 Å². The summed E-state index contributed by atoms with van der Waals surface area (Å²) in [5, 5.41) is 18.0. The van der Waals surface area contributed by atoms with Crippen LogP contribution in [0, 0.1) is 0 Å². The molecule has 1 aliphatic rings. The molecule has 1 aliphatic heterocycles. The molecule has 1 fully saturated rings. The van der Waals surface area contributed by atoms with Crippen LogP contribution in [-0.2, 0) is 12.7 Å². The van der Waals surface area contributed by atoms with Crippen molar-refractivity contribution in [3.63, 3.8) is 0 Å². The minimum atomic E-state index is -4.49. The molecule has 3 heterocycles. The molecular weight excluding hydrogens is 335 g/mol. The number of pyridine rings is 1. The first-order chi connectivity index (χ1) is 10.8. The Hall–Kier alpha value is -1.87. The van der Waals surface area contributed by atoms with E-state index in [2.05, 4.69) is 15.3 Å². The fourth-order valence-electron chi connectivity index (χ4n) is 2.60. The molecule has 1 unspecified atom stereocenters. The van der Waals surface area contributed by atoms with E-state index in [0.29, 0.717) is 13.0 Å². The molecule has 1 saturated heterocycles. The van der Waals surface area contributed by atoms with E-state index in [1.807, 2.05) is 0 Å². The Morgan fingerprint density at radius 3 is 2.78 bits per heavy atom. The third-order valence-electron chi connectivity index (χ3n) is 3.71. The van der Waals surface area contributed by atoms with Gasteiger partial charge in [0.25, 0.3) is 0 Å². The van der Waals surface area contributed by atoms with Gasteiger partial charge in [0.2, 0.25) is 0 Å². The average molecular weight is 348 g/mol. The average Bonchev–Trinajstić information content (AvgIpc) is 3.08. The number of anilines is 1. The summed E-state index contributed by atoms with van der Waals surface area (Å²) in [5.74, 6) is 0.231. The molecule has 0 aliphatic carbocycles. The number of hydrogen-bond donors (Lipinski definition) is 1. The van der Waals surface area contributed by atoms with Crippen molar-refractivity contribution in [1.82, 2.24) is 20.0 Å². The van der Waals surface area contributed by atoms with Crippen molar-refractivity contribution < 1.29 is 18.3 Å². The minimum Gasteiger partial charge on any atom is -0.386 e. The molecule has 1 N–H and O–H groups in total. The first-order valence-electron chi connectivity index (χ1n) is 6.81. The number of halogens is 4. The number of alkyl halides is 3. The summed E-state index contributed by atoms with van der Waals surface area (Å²) in [6.45, 7) is 0.871. The van der Waals surface area contributed by atoms with Gasteiger partial charge in [-0.25, -0.2) is 9.67 Å². The van der Waals surface area contributed by atoms with Crippen molar-refractivity contribution in [1.29, 1.82) is 0 Å². The number of rotatable bonds is 3. The fraction of sp³-hybridized carbons (Fsp3) is 0.462. The highest BCUT2D eigenvalue weighted by atomic mass is 35.5. The zero-order chi connectivity index (χ0) is 16.7. The van der Waals surface area contributed by atoms with E-state index in [1.54, 1.807) is 11.1 Å². The van der Waals surface area contributed by atoms with E-state index in [4.69, 9.17) is 11.6 Å². The van der Waals surface area contributed by atoms with Crippen molar-refractivity contribution >= 4 is 17.4 Å². The van der Waals surface area contributed by atoms with Gasteiger partial charge in [0.15, 0.2) is 0 Å². The van der Waals surface area contributed by atoms with Gasteiger partial charge in [-0.1, -0.05) is 16.8 Å². The van der Waals surface area contributed by atoms with Gasteiger partial charge in [-0.15, -0.1) is 5.10 Å². The zero-order valence-electron chi connectivity index (χ0n) is 11.8. The minimum absolute atomic E-state index is 0.0927. The van der Waals surface area contributed by atoms with Gasteiger partial charge in [-0.05, 0) is 12.5 Å². The molecule has 1 atom stereocenters. The maximum Gasteiger partial charge on any atom is 0.417 e. The highest BCUT2D eigenvalue weighted by Crippen LogP contribution is 2.35. The fourth-order valence-corrected chi connectivity index (χ4v) is 2.89. The topological polar surface area (TPSA) is 67.1 Å². The summed E-state index contributed by atoms with van der Waals surface area (Å²) in [4.78, 5) is 5.48. The largest absolute Gasteiger partial charge is 0.417 e. The van der Waals surface area contributed by atoms with Crippen LogP contribution in [0.25, 0.3) is 0 Å². The summed E-state index contributed by atoms with van der Waals surface area (Å²) in [6, 6.07) is 0.846. The summed E-state index contributed by atoms with van der Waals surface area (Å²) in [7, 11) is 0. The van der Waals surface area contributed by atoms with E-state index in [9.17, 15) is 18.3 Å². The van der Waals surface area contributed by atoms with Crippen LogP contribution in [-0.4, -0.2) is 43.8 Å². The molecule has 2 aromatic rings. The first kappa shape index (κ1) is 16.0. The summed E-state index contributed by atoms with van der Waals surface area (Å²) < 4.78 is 39.4. The quantitative estimate of drug-likeness (QED) is 0.919. The summed E-state index contributed by atoms with van der Waals surface area (Å²) >= 11 is 5.94. The number of aromatic nitrogens is 4. The molecule has 124 valence electrons.